The van der Waals surface area contributed by atoms with Crippen molar-refractivity contribution in [2.75, 3.05) is 5.48 Å². The lowest BCUT2D eigenvalue weighted by Gasteiger charge is -2.08. The molecule has 78 valence electrons. The molecule has 0 aliphatic rings. The third kappa shape index (κ3) is 1.22. The van der Waals surface area contributed by atoms with E-state index in [0.717, 1.165) is 21.8 Å². The van der Waals surface area contributed by atoms with Crippen molar-refractivity contribution in [3.63, 3.8) is 0 Å². The molecule has 16 heavy (non-hydrogen) atoms. The summed E-state index contributed by atoms with van der Waals surface area (Å²) in [5, 5.41) is 11.1. The summed E-state index contributed by atoms with van der Waals surface area (Å²) >= 11 is 0. The van der Waals surface area contributed by atoms with Crippen molar-refractivity contribution < 1.29 is 5.21 Å². The number of aromatic nitrogens is 1. The summed E-state index contributed by atoms with van der Waals surface area (Å²) in [7, 11) is 0. The van der Waals surface area contributed by atoms with E-state index in [-0.39, 0.29) is 0 Å². The van der Waals surface area contributed by atoms with Gasteiger partial charge in [-0.2, -0.15) is 0 Å². The minimum absolute atomic E-state index is 0.709. The molecular formula is C13H10N2O. The second kappa shape index (κ2) is 3.47. The summed E-state index contributed by atoms with van der Waals surface area (Å²) in [6, 6.07) is 15.5. The number of anilines is 1. The van der Waals surface area contributed by atoms with Crippen LogP contribution in [0.3, 0.4) is 0 Å². The summed E-state index contributed by atoms with van der Waals surface area (Å²) in [6.07, 6.45) is 0. The number of hydrogen-bond acceptors (Lipinski definition) is 3. The number of pyridine rings is 1. The van der Waals surface area contributed by atoms with Crippen molar-refractivity contribution in [2.45, 2.75) is 0 Å². The number of rotatable bonds is 1. The molecule has 3 heteroatoms. The Kier molecular flexibility index (Phi) is 1.98. The van der Waals surface area contributed by atoms with E-state index in [1.807, 2.05) is 48.5 Å². The average molecular weight is 210 g/mol. The first-order valence-electron chi connectivity index (χ1n) is 5.08. The van der Waals surface area contributed by atoms with Crippen molar-refractivity contribution in [3.8, 4) is 0 Å². The first-order valence-corrected chi connectivity index (χ1v) is 5.08. The SMILES string of the molecule is ONc1c2ccccc2nc2ccccc12. The summed E-state index contributed by atoms with van der Waals surface area (Å²) in [6.45, 7) is 0. The topological polar surface area (TPSA) is 45.1 Å². The molecule has 0 saturated carbocycles. The largest absolute Gasteiger partial charge is 0.291 e. The van der Waals surface area contributed by atoms with E-state index < -0.39 is 0 Å². The van der Waals surface area contributed by atoms with Crippen LogP contribution in [0.5, 0.6) is 0 Å². The van der Waals surface area contributed by atoms with Gasteiger partial charge in [-0.3, -0.25) is 10.7 Å². The second-order valence-corrected chi connectivity index (χ2v) is 3.63. The molecule has 0 spiro atoms. The van der Waals surface area contributed by atoms with Crippen LogP contribution in [-0.2, 0) is 0 Å². The fraction of sp³-hybridized carbons (Fsp3) is 0. The van der Waals surface area contributed by atoms with Gasteiger partial charge in [-0.15, -0.1) is 0 Å². The van der Waals surface area contributed by atoms with Crippen LogP contribution in [0.1, 0.15) is 0 Å². The van der Waals surface area contributed by atoms with Gasteiger partial charge in [0, 0.05) is 10.8 Å². The standard InChI is InChI=1S/C13H10N2O/c16-15-13-9-5-1-3-7-11(9)14-12-8-4-2-6-10(12)13/h1-8,16H,(H,14,15). The van der Waals surface area contributed by atoms with Gasteiger partial charge in [0.15, 0.2) is 0 Å². The molecule has 0 unspecified atom stereocenters. The molecule has 0 radical (unpaired) electrons. The number of hydrogen-bond donors (Lipinski definition) is 2. The van der Waals surface area contributed by atoms with Gasteiger partial charge in [0.25, 0.3) is 0 Å². The Morgan fingerprint density at radius 2 is 1.31 bits per heavy atom. The highest BCUT2D eigenvalue weighted by molar-refractivity contribution is 6.06. The molecule has 3 aromatic rings. The number of nitrogens with one attached hydrogen (secondary N) is 1. The minimum Gasteiger partial charge on any atom is -0.291 e. The molecule has 2 aromatic carbocycles. The smallest absolute Gasteiger partial charge is 0.0790 e. The number of nitrogens with zero attached hydrogens (tertiary/aromatic N) is 1. The molecule has 2 N–H and O–H groups in total. The number of fused-ring (bicyclic) bond motifs is 2. The van der Waals surface area contributed by atoms with E-state index in [4.69, 9.17) is 0 Å². The van der Waals surface area contributed by atoms with Crippen LogP contribution < -0.4 is 5.48 Å². The molecule has 0 bridgehead atoms. The summed E-state index contributed by atoms with van der Waals surface area (Å²) in [5.41, 5.74) is 4.73. The van der Waals surface area contributed by atoms with E-state index in [1.165, 1.54) is 0 Å². The fourth-order valence-corrected chi connectivity index (χ4v) is 1.96. The monoisotopic (exact) mass is 210 g/mol. The summed E-state index contributed by atoms with van der Waals surface area (Å²) in [4.78, 5) is 4.54. The average Bonchev–Trinajstić information content (AvgIpc) is 2.36. The highest BCUT2D eigenvalue weighted by atomic mass is 16.5. The Bertz CT molecular complexity index is 610. The zero-order valence-electron chi connectivity index (χ0n) is 8.51. The second-order valence-electron chi connectivity index (χ2n) is 3.63. The van der Waals surface area contributed by atoms with E-state index >= 15 is 0 Å². The van der Waals surface area contributed by atoms with E-state index in [9.17, 15) is 5.21 Å². The number of benzene rings is 2. The van der Waals surface area contributed by atoms with Gasteiger partial charge in [0.1, 0.15) is 0 Å². The Morgan fingerprint density at radius 3 is 1.81 bits per heavy atom. The van der Waals surface area contributed by atoms with Crippen molar-refractivity contribution in [3.05, 3.63) is 48.5 Å². The molecule has 0 atom stereocenters. The van der Waals surface area contributed by atoms with Crippen LogP contribution in [0.4, 0.5) is 5.69 Å². The molecule has 1 heterocycles. The molecular weight excluding hydrogens is 200 g/mol. The van der Waals surface area contributed by atoms with Crippen molar-refractivity contribution in [2.24, 2.45) is 0 Å². The Morgan fingerprint density at radius 1 is 0.812 bits per heavy atom. The quantitative estimate of drug-likeness (QED) is 0.479. The molecule has 0 amide bonds. The van der Waals surface area contributed by atoms with Gasteiger partial charge < -0.3 is 0 Å². The summed E-state index contributed by atoms with van der Waals surface area (Å²) < 4.78 is 0. The molecule has 3 rings (SSSR count). The van der Waals surface area contributed by atoms with Gasteiger partial charge in [-0.25, -0.2) is 4.98 Å². The predicted molar refractivity (Wildman–Crippen MR) is 64.7 cm³/mol. The van der Waals surface area contributed by atoms with Gasteiger partial charge >= 0.3 is 0 Å². The van der Waals surface area contributed by atoms with Gasteiger partial charge in [-0.1, -0.05) is 36.4 Å². The third-order valence-electron chi connectivity index (χ3n) is 2.70. The van der Waals surface area contributed by atoms with Crippen LogP contribution in [0.2, 0.25) is 0 Å². The third-order valence-corrected chi connectivity index (χ3v) is 2.70. The zero-order chi connectivity index (χ0) is 11.0. The lowest BCUT2D eigenvalue weighted by atomic mass is 10.1. The normalized spacial score (nSPS) is 10.8. The fourth-order valence-electron chi connectivity index (χ4n) is 1.96. The van der Waals surface area contributed by atoms with Gasteiger partial charge in [0.05, 0.1) is 16.7 Å². The lowest BCUT2D eigenvalue weighted by Crippen LogP contribution is -1.94. The van der Waals surface area contributed by atoms with Gasteiger partial charge in [-0.05, 0) is 12.1 Å². The maximum atomic E-state index is 9.26. The minimum atomic E-state index is 0.709. The number of para-hydroxylation sites is 2. The maximum absolute atomic E-state index is 9.26. The van der Waals surface area contributed by atoms with Crippen LogP contribution in [-0.4, -0.2) is 10.2 Å². The van der Waals surface area contributed by atoms with Crippen molar-refractivity contribution >= 4 is 27.5 Å². The lowest BCUT2D eigenvalue weighted by molar-refractivity contribution is 0.390. The van der Waals surface area contributed by atoms with Crippen LogP contribution in [0.25, 0.3) is 21.8 Å². The molecule has 0 fully saturated rings. The Hall–Kier alpha value is -2.13. The van der Waals surface area contributed by atoms with E-state index in [1.54, 1.807) is 0 Å². The predicted octanol–water partition coefficient (Wildman–Crippen LogP) is 3.19. The first kappa shape index (κ1) is 9.12. The van der Waals surface area contributed by atoms with Crippen LogP contribution >= 0.6 is 0 Å². The molecule has 3 nitrogen and oxygen atoms in total. The molecule has 0 saturated heterocycles. The Labute approximate surface area is 92.3 Å². The molecule has 0 aliphatic heterocycles. The molecule has 1 aromatic heterocycles. The van der Waals surface area contributed by atoms with Crippen molar-refractivity contribution in [1.82, 2.24) is 4.98 Å². The Balaban J connectivity index is 2.56. The van der Waals surface area contributed by atoms with Crippen molar-refractivity contribution in [1.29, 1.82) is 0 Å². The van der Waals surface area contributed by atoms with Crippen LogP contribution in [0.15, 0.2) is 48.5 Å². The van der Waals surface area contributed by atoms with Crippen LogP contribution in [0, 0.1) is 0 Å². The highest BCUT2D eigenvalue weighted by Gasteiger charge is 2.06. The zero-order valence-corrected chi connectivity index (χ0v) is 8.51. The molecule has 0 aliphatic carbocycles. The first-order chi connectivity index (χ1) is 7.90. The summed E-state index contributed by atoms with van der Waals surface area (Å²) in [5.74, 6) is 0. The van der Waals surface area contributed by atoms with Gasteiger partial charge in [0.2, 0.25) is 0 Å². The maximum Gasteiger partial charge on any atom is 0.0790 e. The highest BCUT2D eigenvalue weighted by Crippen LogP contribution is 2.29. The van der Waals surface area contributed by atoms with E-state index in [0.29, 0.717) is 5.69 Å². The van der Waals surface area contributed by atoms with E-state index in [2.05, 4.69) is 10.5 Å².